The van der Waals surface area contributed by atoms with Crippen molar-refractivity contribution in [3.8, 4) is 5.69 Å². The molecule has 2 N–H and O–H groups in total. The highest BCUT2D eigenvalue weighted by Gasteiger charge is 2.02. The normalized spacial score (nSPS) is 10.4. The third-order valence-electron chi connectivity index (χ3n) is 2.63. The van der Waals surface area contributed by atoms with Crippen molar-refractivity contribution >= 4 is 11.6 Å². The minimum absolute atomic E-state index is 0.0280. The van der Waals surface area contributed by atoms with Gasteiger partial charge in [-0.3, -0.25) is 4.79 Å². The summed E-state index contributed by atoms with van der Waals surface area (Å²) in [5.74, 6) is 0.0280. The van der Waals surface area contributed by atoms with Gasteiger partial charge < -0.3 is 10.6 Å². The number of rotatable bonds is 6. The van der Waals surface area contributed by atoms with Gasteiger partial charge in [0.1, 0.15) is 0 Å². The first-order chi connectivity index (χ1) is 9.29. The average molecular weight is 259 g/mol. The molecule has 1 amide bonds. The molecule has 6 nitrogen and oxygen atoms in total. The Morgan fingerprint density at radius 1 is 1.21 bits per heavy atom. The van der Waals surface area contributed by atoms with Crippen molar-refractivity contribution in [2.45, 2.75) is 12.8 Å². The minimum atomic E-state index is 0.0280. The SMILES string of the molecule is CNCCCC(=O)Nc1ccc(-n2nccn2)cc1. The van der Waals surface area contributed by atoms with Crippen molar-refractivity contribution in [1.29, 1.82) is 0 Å². The van der Waals surface area contributed by atoms with Gasteiger partial charge in [-0.05, 0) is 44.3 Å². The van der Waals surface area contributed by atoms with Crippen LogP contribution in [0, 0.1) is 0 Å². The highest BCUT2D eigenvalue weighted by molar-refractivity contribution is 5.90. The molecule has 2 aromatic rings. The van der Waals surface area contributed by atoms with E-state index >= 15 is 0 Å². The molecule has 6 heteroatoms. The summed E-state index contributed by atoms with van der Waals surface area (Å²) in [5, 5.41) is 13.9. The smallest absolute Gasteiger partial charge is 0.224 e. The van der Waals surface area contributed by atoms with Crippen LogP contribution in [0.25, 0.3) is 5.69 Å². The molecular weight excluding hydrogens is 242 g/mol. The molecule has 0 fully saturated rings. The number of carbonyl (C=O) groups excluding carboxylic acids is 1. The summed E-state index contributed by atoms with van der Waals surface area (Å²) in [6.45, 7) is 0.845. The van der Waals surface area contributed by atoms with Gasteiger partial charge >= 0.3 is 0 Å². The molecule has 19 heavy (non-hydrogen) atoms. The molecule has 0 saturated carbocycles. The van der Waals surface area contributed by atoms with Crippen molar-refractivity contribution in [1.82, 2.24) is 20.3 Å². The van der Waals surface area contributed by atoms with Gasteiger partial charge in [0.15, 0.2) is 0 Å². The Labute approximate surface area is 111 Å². The fraction of sp³-hybridized carbons (Fsp3) is 0.308. The van der Waals surface area contributed by atoms with E-state index in [2.05, 4.69) is 20.8 Å². The van der Waals surface area contributed by atoms with Gasteiger partial charge in [-0.25, -0.2) is 0 Å². The van der Waals surface area contributed by atoms with Crippen LogP contribution in [0.3, 0.4) is 0 Å². The van der Waals surface area contributed by atoms with Crippen molar-refractivity contribution in [2.24, 2.45) is 0 Å². The average Bonchev–Trinajstić information content (AvgIpc) is 2.94. The summed E-state index contributed by atoms with van der Waals surface area (Å²) in [7, 11) is 1.87. The van der Waals surface area contributed by atoms with Gasteiger partial charge in [-0.15, -0.1) is 0 Å². The maximum atomic E-state index is 11.6. The number of hydrogen-bond donors (Lipinski definition) is 2. The lowest BCUT2D eigenvalue weighted by molar-refractivity contribution is -0.116. The van der Waals surface area contributed by atoms with Gasteiger partial charge in [0.25, 0.3) is 0 Å². The fourth-order valence-corrected chi connectivity index (χ4v) is 1.68. The lowest BCUT2D eigenvalue weighted by Crippen LogP contribution is -2.15. The Kier molecular flexibility index (Phi) is 4.63. The van der Waals surface area contributed by atoms with Gasteiger partial charge in [-0.1, -0.05) is 0 Å². The third kappa shape index (κ3) is 3.89. The largest absolute Gasteiger partial charge is 0.326 e. The molecule has 0 bridgehead atoms. The Morgan fingerprint density at radius 3 is 2.53 bits per heavy atom. The van der Waals surface area contributed by atoms with Crippen molar-refractivity contribution < 1.29 is 4.79 Å². The molecule has 0 aliphatic rings. The molecule has 0 aliphatic heterocycles. The Balaban J connectivity index is 1.90. The summed E-state index contributed by atoms with van der Waals surface area (Å²) in [5.41, 5.74) is 1.64. The highest BCUT2D eigenvalue weighted by Crippen LogP contribution is 2.12. The summed E-state index contributed by atoms with van der Waals surface area (Å²) in [4.78, 5) is 13.2. The number of aromatic nitrogens is 3. The zero-order chi connectivity index (χ0) is 13.5. The Morgan fingerprint density at radius 2 is 1.89 bits per heavy atom. The van der Waals surface area contributed by atoms with E-state index < -0.39 is 0 Å². The lowest BCUT2D eigenvalue weighted by atomic mass is 10.2. The van der Waals surface area contributed by atoms with E-state index in [-0.39, 0.29) is 5.91 Å². The van der Waals surface area contributed by atoms with Crippen molar-refractivity contribution in [2.75, 3.05) is 18.9 Å². The standard InChI is InChI=1S/C13H17N5O/c1-14-8-2-3-13(19)17-11-4-6-12(7-5-11)18-15-9-10-16-18/h4-7,9-10,14H,2-3,8H2,1H3,(H,17,19). The summed E-state index contributed by atoms with van der Waals surface area (Å²) in [6, 6.07) is 7.41. The van der Waals surface area contributed by atoms with Crippen LogP contribution < -0.4 is 10.6 Å². The quantitative estimate of drug-likeness (QED) is 0.765. The van der Waals surface area contributed by atoms with Gasteiger partial charge in [0.05, 0.1) is 18.1 Å². The van der Waals surface area contributed by atoms with E-state index in [0.717, 1.165) is 24.3 Å². The van der Waals surface area contributed by atoms with Crippen LogP contribution in [0.1, 0.15) is 12.8 Å². The first kappa shape index (κ1) is 13.2. The van der Waals surface area contributed by atoms with Crippen LogP contribution in [0.5, 0.6) is 0 Å². The second kappa shape index (κ2) is 6.65. The fourth-order valence-electron chi connectivity index (χ4n) is 1.68. The zero-order valence-corrected chi connectivity index (χ0v) is 10.8. The summed E-state index contributed by atoms with van der Waals surface area (Å²) in [6.07, 6.45) is 4.59. The Bertz CT molecular complexity index is 506. The molecule has 0 atom stereocenters. The molecule has 1 aromatic carbocycles. The molecule has 0 spiro atoms. The van der Waals surface area contributed by atoms with Crippen LogP contribution in [0.4, 0.5) is 5.69 Å². The number of amides is 1. The van der Waals surface area contributed by atoms with E-state index in [1.165, 1.54) is 4.80 Å². The van der Waals surface area contributed by atoms with Crippen LogP contribution in [-0.4, -0.2) is 34.5 Å². The molecule has 0 radical (unpaired) electrons. The van der Waals surface area contributed by atoms with Crippen LogP contribution >= 0.6 is 0 Å². The maximum absolute atomic E-state index is 11.6. The number of nitrogens with one attached hydrogen (secondary N) is 2. The van der Waals surface area contributed by atoms with Gasteiger partial charge in [-0.2, -0.15) is 15.0 Å². The molecule has 1 heterocycles. The van der Waals surface area contributed by atoms with E-state index in [1.54, 1.807) is 12.4 Å². The van der Waals surface area contributed by atoms with Gasteiger partial charge in [0.2, 0.25) is 5.91 Å². The minimum Gasteiger partial charge on any atom is -0.326 e. The molecule has 100 valence electrons. The molecule has 0 aliphatic carbocycles. The van der Waals surface area contributed by atoms with E-state index in [4.69, 9.17) is 0 Å². The maximum Gasteiger partial charge on any atom is 0.224 e. The molecular formula is C13H17N5O. The number of anilines is 1. The van der Waals surface area contributed by atoms with Crippen LogP contribution in [0.15, 0.2) is 36.7 Å². The second-order valence-electron chi connectivity index (χ2n) is 4.12. The molecule has 2 rings (SSSR count). The van der Waals surface area contributed by atoms with E-state index in [1.807, 2.05) is 31.3 Å². The predicted molar refractivity (Wildman–Crippen MR) is 73.1 cm³/mol. The van der Waals surface area contributed by atoms with Crippen molar-refractivity contribution in [3.63, 3.8) is 0 Å². The molecule has 1 aromatic heterocycles. The molecule has 0 saturated heterocycles. The van der Waals surface area contributed by atoms with E-state index in [9.17, 15) is 4.79 Å². The Hall–Kier alpha value is -2.21. The predicted octanol–water partition coefficient (Wildman–Crippen LogP) is 1.21. The number of benzene rings is 1. The lowest BCUT2D eigenvalue weighted by Gasteiger charge is -2.06. The summed E-state index contributed by atoms with van der Waals surface area (Å²) >= 11 is 0. The third-order valence-corrected chi connectivity index (χ3v) is 2.63. The first-order valence-electron chi connectivity index (χ1n) is 6.21. The number of hydrogen-bond acceptors (Lipinski definition) is 4. The summed E-state index contributed by atoms with van der Waals surface area (Å²) < 4.78 is 0. The van der Waals surface area contributed by atoms with Gasteiger partial charge in [0, 0.05) is 12.1 Å². The zero-order valence-electron chi connectivity index (χ0n) is 10.8. The first-order valence-corrected chi connectivity index (χ1v) is 6.21. The van der Waals surface area contributed by atoms with Crippen LogP contribution in [0.2, 0.25) is 0 Å². The second-order valence-corrected chi connectivity index (χ2v) is 4.12. The highest BCUT2D eigenvalue weighted by atomic mass is 16.1. The monoisotopic (exact) mass is 259 g/mol. The number of nitrogens with zero attached hydrogens (tertiary/aromatic N) is 3. The number of carbonyl (C=O) groups is 1. The van der Waals surface area contributed by atoms with Crippen molar-refractivity contribution in [3.05, 3.63) is 36.7 Å². The van der Waals surface area contributed by atoms with Crippen LogP contribution in [-0.2, 0) is 4.79 Å². The molecule has 0 unspecified atom stereocenters. The van der Waals surface area contributed by atoms with E-state index in [0.29, 0.717) is 6.42 Å². The topological polar surface area (TPSA) is 71.8 Å².